The zero-order chi connectivity index (χ0) is 15.7. The Bertz CT molecular complexity index is 839. The molecule has 0 amide bonds. The standard InChI is InChI=1S/C17H18N2O2S/c1-19(2)8-3-4-14-13-7-9-22-16(13)12-6-5-11(17(20)21)10-15(12)18-14/h5-7,9-10H,3-4,8H2,1-2H3,(H,20,21). The van der Waals surface area contributed by atoms with Crippen molar-refractivity contribution in [1.29, 1.82) is 0 Å². The minimum atomic E-state index is -0.913. The minimum Gasteiger partial charge on any atom is -0.478 e. The van der Waals surface area contributed by atoms with Gasteiger partial charge in [-0.1, -0.05) is 6.07 Å². The first kappa shape index (κ1) is 14.9. The topological polar surface area (TPSA) is 53.4 Å². The number of aryl methyl sites for hydroxylation is 1. The van der Waals surface area contributed by atoms with Crippen LogP contribution in [0.15, 0.2) is 29.6 Å². The summed E-state index contributed by atoms with van der Waals surface area (Å²) in [4.78, 5) is 18.1. The van der Waals surface area contributed by atoms with Crippen LogP contribution in [0.5, 0.6) is 0 Å². The number of hydrogen-bond acceptors (Lipinski definition) is 4. The van der Waals surface area contributed by atoms with Gasteiger partial charge < -0.3 is 10.0 Å². The average molecular weight is 314 g/mol. The summed E-state index contributed by atoms with van der Waals surface area (Å²) in [6, 6.07) is 7.31. The molecule has 0 radical (unpaired) electrons. The van der Waals surface area contributed by atoms with Gasteiger partial charge in [-0.05, 0) is 57.1 Å². The fourth-order valence-corrected chi connectivity index (χ4v) is 3.61. The Morgan fingerprint density at radius 1 is 1.27 bits per heavy atom. The molecule has 22 heavy (non-hydrogen) atoms. The predicted molar refractivity (Wildman–Crippen MR) is 91.0 cm³/mol. The minimum absolute atomic E-state index is 0.287. The summed E-state index contributed by atoms with van der Waals surface area (Å²) in [6.07, 6.45) is 1.94. The van der Waals surface area contributed by atoms with Crippen molar-refractivity contribution < 1.29 is 9.90 Å². The Morgan fingerprint density at radius 3 is 2.82 bits per heavy atom. The van der Waals surface area contributed by atoms with Gasteiger partial charge in [-0.25, -0.2) is 4.79 Å². The van der Waals surface area contributed by atoms with Gasteiger partial charge in [0.2, 0.25) is 0 Å². The van der Waals surface area contributed by atoms with Gasteiger partial charge in [-0.2, -0.15) is 0 Å². The van der Waals surface area contributed by atoms with E-state index in [9.17, 15) is 4.79 Å². The summed E-state index contributed by atoms with van der Waals surface area (Å²) in [5.74, 6) is -0.913. The van der Waals surface area contributed by atoms with Crippen LogP contribution in [0.3, 0.4) is 0 Å². The number of benzene rings is 1. The maximum Gasteiger partial charge on any atom is 0.335 e. The molecule has 0 fully saturated rings. The fourth-order valence-electron chi connectivity index (χ4n) is 2.65. The number of hydrogen-bond donors (Lipinski definition) is 1. The van der Waals surface area contributed by atoms with E-state index in [1.54, 1.807) is 23.5 Å². The molecule has 0 aliphatic heterocycles. The number of thiophene rings is 1. The van der Waals surface area contributed by atoms with Gasteiger partial charge in [0, 0.05) is 21.2 Å². The number of nitrogens with zero attached hydrogens (tertiary/aromatic N) is 2. The Morgan fingerprint density at radius 2 is 2.09 bits per heavy atom. The average Bonchev–Trinajstić information content (AvgIpc) is 2.96. The highest BCUT2D eigenvalue weighted by Crippen LogP contribution is 2.31. The molecular weight excluding hydrogens is 296 g/mol. The maximum absolute atomic E-state index is 11.2. The third-order valence-electron chi connectivity index (χ3n) is 3.74. The summed E-state index contributed by atoms with van der Waals surface area (Å²) in [6.45, 7) is 1.01. The van der Waals surface area contributed by atoms with Gasteiger partial charge in [0.1, 0.15) is 0 Å². The van der Waals surface area contributed by atoms with Crippen LogP contribution in [0.4, 0.5) is 0 Å². The van der Waals surface area contributed by atoms with E-state index < -0.39 is 5.97 Å². The largest absolute Gasteiger partial charge is 0.478 e. The van der Waals surface area contributed by atoms with E-state index in [1.165, 1.54) is 10.1 Å². The summed E-state index contributed by atoms with van der Waals surface area (Å²) < 4.78 is 1.20. The van der Waals surface area contributed by atoms with E-state index in [0.717, 1.165) is 36.0 Å². The number of aromatic nitrogens is 1. The number of carboxylic acid groups (broad SMARTS) is 1. The van der Waals surface area contributed by atoms with E-state index in [2.05, 4.69) is 30.4 Å². The lowest BCUT2D eigenvalue weighted by Gasteiger charge is -2.10. The predicted octanol–water partition coefficient (Wildman–Crippen LogP) is 3.64. The highest BCUT2D eigenvalue weighted by Gasteiger charge is 2.12. The molecular formula is C17H18N2O2S. The van der Waals surface area contributed by atoms with Gasteiger partial charge in [0.15, 0.2) is 0 Å². The van der Waals surface area contributed by atoms with E-state index in [1.807, 2.05) is 6.07 Å². The fraction of sp³-hybridized carbons (Fsp3) is 0.294. The van der Waals surface area contributed by atoms with Gasteiger partial charge in [-0.3, -0.25) is 4.98 Å². The van der Waals surface area contributed by atoms with Crippen LogP contribution in [0, 0.1) is 0 Å². The molecule has 0 unspecified atom stereocenters. The first-order valence-corrected chi connectivity index (χ1v) is 8.12. The smallest absolute Gasteiger partial charge is 0.335 e. The molecule has 0 saturated carbocycles. The lowest BCUT2D eigenvalue weighted by atomic mass is 10.1. The highest BCUT2D eigenvalue weighted by molar-refractivity contribution is 7.18. The third-order valence-corrected chi connectivity index (χ3v) is 4.69. The van der Waals surface area contributed by atoms with E-state index in [0.29, 0.717) is 0 Å². The zero-order valence-electron chi connectivity index (χ0n) is 12.7. The third kappa shape index (κ3) is 2.82. The van der Waals surface area contributed by atoms with Crippen molar-refractivity contribution in [2.75, 3.05) is 20.6 Å². The maximum atomic E-state index is 11.2. The summed E-state index contributed by atoms with van der Waals surface area (Å²) in [5.41, 5.74) is 2.12. The van der Waals surface area contributed by atoms with Crippen LogP contribution >= 0.6 is 11.3 Å². The SMILES string of the molecule is CN(C)CCCc1nc2cc(C(=O)O)ccc2c2sccc12. The lowest BCUT2D eigenvalue weighted by Crippen LogP contribution is -2.13. The van der Waals surface area contributed by atoms with Crippen LogP contribution < -0.4 is 0 Å². The molecule has 0 spiro atoms. The van der Waals surface area contributed by atoms with E-state index >= 15 is 0 Å². The quantitative estimate of drug-likeness (QED) is 0.781. The van der Waals surface area contributed by atoms with Crippen LogP contribution in [0.2, 0.25) is 0 Å². The first-order chi connectivity index (χ1) is 10.6. The second kappa shape index (κ2) is 6.02. The summed E-state index contributed by atoms with van der Waals surface area (Å²) >= 11 is 1.69. The Hall–Kier alpha value is -1.98. The lowest BCUT2D eigenvalue weighted by molar-refractivity contribution is 0.0697. The zero-order valence-corrected chi connectivity index (χ0v) is 13.5. The molecule has 0 aliphatic rings. The molecule has 114 valence electrons. The number of fused-ring (bicyclic) bond motifs is 3. The van der Waals surface area contributed by atoms with Crippen molar-refractivity contribution in [3.05, 3.63) is 40.9 Å². The Labute approximate surface area is 133 Å². The number of carbonyl (C=O) groups is 1. The Balaban J connectivity index is 2.08. The Kier molecular flexibility index (Phi) is 4.09. The number of pyridine rings is 1. The molecule has 3 rings (SSSR count). The molecule has 1 N–H and O–H groups in total. The van der Waals surface area contributed by atoms with Crippen molar-refractivity contribution in [3.63, 3.8) is 0 Å². The van der Waals surface area contributed by atoms with Gasteiger partial charge in [0.25, 0.3) is 0 Å². The monoisotopic (exact) mass is 314 g/mol. The van der Waals surface area contributed by atoms with Crippen molar-refractivity contribution >= 4 is 38.3 Å². The van der Waals surface area contributed by atoms with Crippen LogP contribution in [-0.2, 0) is 6.42 Å². The van der Waals surface area contributed by atoms with Crippen molar-refractivity contribution in [3.8, 4) is 0 Å². The molecule has 2 aromatic heterocycles. The molecule has 0 aliphatic carbocycles. The molecule has 0 atom stereocenters. The van der Waals surface area contributed by atoms with Crippen molar-refractivity contribution in [2.24, 2.45) is 0 Å². The molecule has 2 heterocycles. The summed E-state index contributed by atoms with van der Waals surface area (Å²) in [5, 5.41) is 13.5. The molecule has 5 heteroatoms. The van der Waals surface area contributed by atoms with E-state index in [-0.39, 0.29) is 5.56 Å². The molecule has 0 saturated heterocycles. The number of aromatic carboxylic acids is 1. The van der Waals surface area contributed by atoms with Gasteiger partial charge >= 0.3 is 5.97 Å². The van der Waals surface area contributed by atoms with Crippen molar-refractivity contribution in [2.45, 2.75) is 12.8 Å². The molecule has 3 aromatic rings. The molecule has 1 aromatic carbocycles. The van der Waals surface area contributed by atoms with Gasteiger partial charge in [-0.15, -0.1) is 11.3 Å². The van der Waals surface area contributed by atoms with Gasteiger partial charge in [0.05, 0.1) is 11.1 Å². The number of carboxylic acids is 1. The second-order valence-electron chi connectivity index (χ2n) is 5.67. The normalized spacial score (nSPS) is 11.6. The highest BCUT2D eigenvalue weighted by atomic mass is 32.1. The molecule has 0 bridgehead atoms. The molecule has 4 nitrogen and oxygen atoms in total. The van der Waals surface area contributed by atoms with Crippen molar-refractivity contribution in [1.82, 2.24) is 9.88 Å². The van der Waals surface area contributed by atoms with Crippen LogP contribution in [-0.4, -0.2) is 41.6 Å². The van der Waals surface area contributed by atoms with Crippen LogP contribution in [0.25, 0.3) is 21.0 Å². The van der Waals surface area contributed by atoms with E-state index in [4.69, 9.17) is 10.1 Å². The summed E-state index contributed by atoms with van der Waals surface area (Å²) in [7, 11) is 4.13. The number of rotatable bonds is 5. The second-order valence-corrected chi connectivity index (χ2v) is 6.58. The van der Waals surface area contributed by atoms with Crippen LogP contribution in [0.1, 0.15) is 22.5 Å². The first-order valence-electron chi connectivity index (χ1n) is 7.24.